The molecule has 0 saturated heterocycles. The zero-order valence-electron chi connectivity index (χ0n) is 11.1. The normalized spacial score (nSPS) is 12.9. The van der Waals surface area contributed by atoms with Crippen molar-refractivity contribution >= 4 is 31.9 Å². The number of hydrogen-bond acceptors (Lipinski definition) is 4. The quantitative estimate of drug-likeness (QED) is 0.770. The summed E-state index contributed by atoms with van der Waals surface area (Å²) in [7, 11) is -2.49. The molecule has 0 aliphatic heterocycles. The number of carboxylic acid groups (broad SMARTS) is 1. The fourth-order valence-corrected chi connectivity index (χ4v) is 3.23. The molecule has 1 aromatic rings. The van der Waals surface area contributed by atoms with Crippen LogP contribution in [-0.4, -0.2) is 32.6 Å². The first-order valence-corrected chi connectivity index (χ1v) is 8.18. The molecule has 0 heterocycles. The van der Waals surface area contributed by atoms with E-state index in [1.54, 1.807) is 6.92 Å². The van der Waals surface area contributed by atoms with Gasteiger partial charge in [0.15, 0.2) is 0 Å². The molecule has 1 aromatic carbocycles. The summed E-state index contributed by atoms with van der Waals surface area (Å²) < 4.78 is 32.1. The van der Waals surface area contributed by atoms with Gasteiger partial charge in [0.1, 0.15) is 11.8 Å². The van der Waals surface area contributed by atoms with E-state index in [4.69, 9.17) is 9.84 Å². The number of benzene rings is 1. The highest BCUT2D eigenvalue weighted by Gasteiger charge is 2.25. The van der Waals surface area contributed by atoms with Crippen LogP contribution < -0.4 is 9.46 Å². The van der Waals surface area contributed by atoms with Crippen LogP contribution in [-0.2, 0) is 14.8 Å². The molecule has 0 radical (unpaired) electrons. The molecule has 1 rings (SSSR count). The lowest BCUT2D eigenvalue weighted by molar-refractivity contribution is -0.139. The Morgan fingerprint density at radius 1 is 1.50 bits per heavy atom. The summed E-state index contributed by atoms with van der Waals surface area (Å²) in [6, 6.07) is 3.10. The van der Waals surface area contributed by atoms with E-state index in [1.165, 1.54) is 25.3 Å². The van der Waals surface area contributed by atoms with Crippen molar-refractivity contribution < 1.29 is 23.1 Å². The van der Waals surface area contributed by atoms with Crippen LogP contribution in [0.25, 0.3) is 0 Å². The van der Waals surface area contributed by atoms with Gasteiger partial charge in [-0.05, 0) is 34.5 Å². The van der Waals surface area contributed by atoms with Crippen LogP contribution in [0.2, 0.25) is 0 Å². The second kappa shape index (κ2) is 7.05. The molecular formula is C12H16BrNO5S. The molecule has 1 atom stereocenters. The Hall–Kier alpha value is -1.12. The van der Waals surface area contributed by atoms with Crippen LogP contribution in [0.3, 0.4) is 0 Å². The van der Waals surface area contributed by atoms with Crippen LogP contribution in [0.5, 0.6) is 5.75 Å². The van der Waals surface area contributed by atoms with Crippen molar-refractivity contribution in [3.05, 3.63) is 22.7 Å². The third-order valence-electron chi connectivity index (χ3n) is 2.61. The summed E-state index contributed by atoms with van der Waals surface area (Å²) >= 11 is 3.22. The van der Waals surface area contributed by atoms with Crippen LogP contribution in [0.15, 0.2) is 27.6 Å². The largest absolute Gasteiger partial charge is 0.496 e. The van der Waals surface area contributed by atoms with Gasteiger partial charge in [-0.25, -0.2) is 8.42 Å². The van der Waals surface area contributed by atoms with Crippen LogP contribution in [0.4, 0.5) is 0 Å². The second-order valence-electron chi connectivity index (χ2n) is 4.10. The Kier molecular flexibility index (Phi) is 5.97. The Labute approximate surface area is 126 Å². The highest BCUT2D eigenvalue weighted by molar-refractivity contribution is 9.10. The van der Waals surface area contributed by atoms with E-state index in [9.17, 15) is 13.2 Å². The Balaban J connectivity index is 3.07. The van der Waals surface area contributed by atoms with E-state index in [1.807, 2.05) is 0 Å². The number of carboxylic acids is 1. The molecule has 2 N–H and O–H groups in total. The van der Waals surface area contributed by atoms with Gasteiger partial charge in [0.25, 0.3) is 0 Å². The summed E-state index contributed by atoms with van der Waals surface area (Å²) in [5, 5.41) is 9.00. The maximum atomic E-state index is 12.2. The van der Waals surface area contributed by atoms with Gasteiger partial charge in [0.2, 0.25) is 10.0 Å². The summed E-state index contributed by atoms with van der Waals surface area (Å²) in [4.78, 5) is 11.0. The van der Waals surface area contributed by atoms with Crippen LogP contribution in [0.1, 0.15) is 19.8 Å². The summed E-state index contributed by atoms with van der Waals surface area (Å²) in [5.74, 6) is -0.838. The van der Waals surface area contributed by atoms with Gasteiger partial charge in [-0.1, -0.05) is 13.3 Å². The van der Waals surface area contributed by atoms with Gasteiger partial charge in [-0.3, -0.25) is 4.79 Å². The highest BCUT2D eigenvalue weighted by Crippen LogP contribution is 2.27. The molecule has 0 bridgehead atoms. The van der Waals surface area contributed by atoms with Crippen molar-refractivity contribution in [1.29, 1.82) is 0 Å². The SMILES string of the molecule is CCCC(NS(=O)(=O)c1ccc(Br)c(OC)c1)C(=O)O. The fourth-order valence-electron chi connectivity index (χ4n) is 1.58. The van der Waals surface area contributed by atoms with E-state index in [0.717, 1.165) is 0 Å². The van der Waals surface area contributed by atoms with Gasteiger partial charge < -0.3 is 9.84 Å². The van der Waals surface area contributed by atoms with Crippen molar-refractivity contribution in [2.24, 2.45) is 0 Å². The number of halogens is 1. The predicted octanol–water partition coefficient (Wildman–Crippen LogP) is 1.99. The molecule has 0 spiro atoms. The molecule has 1 unspecified atom stereocenters. The number of aliphatic carboxylic acids is 1. The lowest BCUT2D eigenvalue weighted by Crippen LogP contribution is -2.40. The Morgan fingerprint density at radius 3 is 2.65 bits per heavy atom. The molecule has 0 saturated carbocycles. The second-order valence-corrected chi connectivity index (χ2v) is 6.67. The maximum absolute atomic E-state index is 12.2. The minimum Gasteiger partial charge on any atom is -0.496 e. The summed E-state index contributed by atoms with van der Waals surface area (Å²) in [6.45, 7) is 1.78. The third-order valence-corrected chi connectivity index (χ3v) is 4.73. The van der Waals surface area contributed by atoms with Crippen molar-refractivity contribution in [2.75, 3.05) is 7.11 Å². The number of carbonyl (C=O) groups is 1. The number of sulfonamides is 1. The molecule has 6 nitrogen and oxygen atoms in total. The first kappa shape index (κ1) is 16.9. The van der Waals surface area contributed by atoms with Crippen LogP contribution >= 0.6 is 15.9 Å². The smallest absolute Gasteiger partial charge is 0.321 e. The van der Waals surface area contributed by atoms with E-state index in [0.29, 0.717) is 16.6 Å². The van der Waals surface area contributed by atoms with Crippen molar-refractivity contribution in [1.82, 2.24) is 4.72 Å². The number of ether oxygens (including phenoxy) is 1. The zero-order valence-corrected chi connectivity index (χ0v) is 13.5. The molecule has 0 amide bonds. The first-order valence-electron chi connectivity index (χ1n) is 5.90. The van der Waals surface area contributed by atoms with Gasteiger partial charge in [-0.15, -0.1) is 0 Å². The van der Waals surface area contributed by atoms with Crippen molar-refractivity contribution in [3.63, 3.8) is 0 Å². The first-order chi connectivity index (χ1) is 9.31. The predicted molar refractivity (Wildman–Crippen MR) is 77.3 cm³/mol. The fraction of sp³-hybridized carbons (Fsp3) is 0.417. The molecule has 112 valence electrons. The minimum absolute atomic E-state index is 0.0418. The molecule has 0 aromatic heterocycles. The zero-order chi connectivity index (χ0) is 15.3. The molecule has 0 aliphatic carbocycles. The highest BCUT2D eigenvalue weighted by atomic mass is 79.9. The Morgan fingerprint density at radius 2 is 2.15 bits per heavy atom. The van der Waals surface area contributed by atoms with E-state index in [2.05, 4.69) is 20.7 Å². The number of methoxy groups -OCH3 is 1. The topological polar surface area (TPSA) is 92.7 Å². The van der Waals surface area contributed by atoms with Gasteiger partial charge in [-0.2, -0.15) is 4.72 Å². The molecular weight excluding hydrogens is 350 g/mol. The molecule has 0 fully saturated rings. The number of hydrogen-bond donors (Lipinski definition) is 2. The van der Waals surface area contributed by atoms with Crippen molar-refractivity contribution in [3.8, 4) is 5.75 Å². The van der Waals surface area contributed by atoms with Gasteiger partial charge in [0, 0.05) is 6.07 Å². The number of rotatable bonds is 7. The van der Waals surface area contributed by atoms with E-state index < -0.39 is 22.0 Å². The Bertz CT molecular complexity index is 588. The maximum Gasteiger partial charge on any atom is 0.321 e. The molecule has 0 aliphatic rings. The monoisotopic (exact) mass is 365 g/mol. The van der Waals surface area contributed by atoms with Crippen molar-refractivity contribution in [2.45, 2.75) is 30.7 Å². The van der Waals surface area contributed by atoms with Crippen LogP contribution in [0, 0.1) is 0 Å². The summed E-state index contributed by atoms with van der Waals surface area (Å²) in [6.07, 6.45) is 0.783. The molecule has 8 heteroatoms. The van der Waals surface area contributed by atoms with Gasteiger partial charge in [0.05, 0.1) is 16.5 Å². The third kappa shape index (κ3) is 4.19. The van der Waals surface area contributed by atoms with E-state index >= 15 is 0 Å². The lowest BCUT2D eigenvalue weighted by Gasteiger charge is -2.14. The standard InChI is InChI=1S/C12H16BrNO5S/c1-3-4-10(12(15)16)14-20(17,18)8-5-6-9(13)11(7-8)19-2/h5-7,10,14H,3-4H2,1-2H3,(H,15,16). The van der Waals surface area contributed by atoms with Gasteiger partial charge >= 0.3 is 5.97 Å². The summed E-state index contributed by atoms with van der Waals surface area (Å²) in [5.41, 5.74) is 0. The average Bonchev–Trinajstić information content (AvgIpc) is 2.38. The average molecular weight is 366 g/mol. The van der Waals surface area contributed by atoms with E-state index in [-0.39, 0.29) is 11.3 Å². The minimum atomic E-state index is -3.91. The lowest BCUT2D eigenvalue weighted by atomic mass is 10.2. The molecule has 20 heavy (non-hydrogen) atoms. The number of nitrogens with one attached hydrogen (secondary N) is 1.